The van der Waals surface area contributed by atoms with E-state index in [1.165, 1.54) is 15.4 Å². The molecule has 5 atom stereocenters. The van der Waals surface area contributed by atoms with Gasteiger partial charge >= 0.3 is 0 Å². The lowest BCUT2D eigenvalue weighted by molar-refractivity contribution is 0.153. The maximum absolute atomic E-state index is 15.0. The van der Waals surface area contributed by atoms with Crippen molar-refractivity contribution < 1.29 is 26.8 Å². The fraction of sp³-hybridized carbons (Fsp3) is 0.435. The minimum absolute atomic E-state index is 0.121. The summed E-state index contributed by atoms with van der Waals surface area (Å²) in [5.41, 5.74) is 4.60. The van der Waals surface area contributed by atoms with Gasteiger partial charge in [0.05, 0.1) is 47.1 Å². The predicted octanol–water partition coefficient (Wildman–Crippen LogP) is 8.85. The summed E-state index contributed by atoms with van der Waals surface area (Å²) in [6, 6.07) is 26.4. The zero-order valence-corrected chi connectivity index (χ0v) is 36.6. The first-order chi connectivity index (χ1) is 27.7. The van der Waals surface area contributed by atoms with Gasteiger partial charge in [-0.05, 0) is 142 Å². The van der Waals surface area contributed by atoms with Crippen molar-refractivity contribution in [3.05, 3.63) is 125 Å². The number of sulfonamides is 1. The van der Waals surface area contributed by atoms with Gasteiger partial charge in [0.1, 0.15) is 17.2 Å². The Bertz CT molecular complexity index is 2180. The molecule has 0 saturated heterocycles. The summed E-state index contributed by atoms with van der Waals surface area (Å²) in [6.45, 7) is 12.2. The Morgan fingerprint density at radius 3 is 2.21 bits per heavy atom. The summed E-state index contributed by atoms with van der Waals surface area (Å²) in [4.78, 5) is 2.57. The predicted molar refractivity (Wildman–Crippen MR) is 234 cm³/mol. The number of nitrogens with one attached hydrogen (secondary N) is 1. The Hall–Kier alpha value is -3.87. The van der Waals surface area contributed by atoms with Crippen molar-refractivity contribution in [1.29, 1.82) is 0 Å². The molecule has 7 rings (SSSR count). The number of methoxy groups -OCH3 is 2. The number of hydrogen-bond acceptors (Lipinski definition) is 7. The van der Waals surface area contributed by atoms with Crippen molar-refractivity contribution in [3.8, 4) is 17.2 Å². The first-order valence-corrected chi connectivity index (χ1v) is 23.1. The van der Waals surface area contributed by atoms with Crippen LogP contribution in [0.4, 0.5) is 5.69 Å². The number of ether oxygens (including phenoxy) is 3. The monoisotopic (exact) mass is 845 g/mol. The highest BCUT2D eigenvalue weighted by Gasteiger charge is 2.45. The van der Waals surface area contributed by atoms with Gasteiger partial charge in [0.15, 0.2) is 0 Å². The number of benzene rings is 4. The largest absolute Gasteiger partial charge is 0.497 e. The number of anilines is 1. The Labute approximate surface area is 352 Å². The molecule has 0 aromatic heterocycles. The molecule has 12 heteroatoms. The average molecular weight is 847 g/mol. The standard InChI is InChI=1S/C46H56ClN3O6S2/c1-7-42(48-57(51)45(2,3)4)40-21-14-35(40)29-49-30-46(24-8-9-34-25-36(47)15-22-41(34)46)31-56-44-23-20-39(26-43(44)49)58(52,53)50(27-32-10-16-37(54-5)17-11-32)28-33-12-18-38(55-6)19-13-33/h7,10-13,15-20,22-23,25-26,35,40,42,48H,1,8-9,14,21,24,27-31H2,2-6H3/t35-,40+,42+,46-,57-/m0/s1. The molecule has 0 amide bonds. The molecule has 1 heterocycles. The van der Waals surface area contributed by atoms with Gasteiger partial charge in [-0.2, -0.15) is 4.31 Å². The Morgan fingerprint density at radius 2 is 1.64 bits per heavy atom. The third kappa shape index (κ3) is 8.99. The van der Waals surface area contributed by atoms with E-state index in [0.717, 1.165) is 53.9 Å². The fourth-order valence-electron chi connectivity index (χ4n) is 8.69. The third-order valence-electron chi connectivity index (χ3n) is 12.1. The number of halogens is 1. The molecule has 0 unspecified atom stereocenters. The molecule has 58 heavy (non-hydrogen) atoms. The van der Waals surface area contributed by atoms with Crippen LogP contribution in [0.1, 0.15) is 68.7 Å². The molecular formula is C46H56ClN3O6S2. The summed E-state index contributed by atoms with van der Waals surface area (Å²) >= 11 is 6.52. The van der Waals surface area contributed by atoms with E-state index >= 15 is 0 Å². The van der Waals surface area contributed by atoms with Gasteiger partial charge in [-0.3, -0.25) is 0 Å². The number of rotatable bonds is 14. The maximum Gasteiger partial charge on any atom is 0.243 e. The van der Waals surface area contributed by atoms with Crippen molar-refractivity contribution in [2.75, 3.05) is 38.8 Å². The van der Waals surface area contributed by atoms with E-state index in [1.807, 2.05) is 93.6 Å². The van der Waals surface area contributed by atoms with Gasteiger partial charge < -0.3 is 19.1 Å². The van der Waals surface area contributed by atoms with Gasteiger partial charge in [0, 0.05) is 42.7 Å². The molecule has 9 nitrogen and oxygen atoms in total. The van der Waals surface area contributed by atoms with E-state index in [1.54, 1.807) is 20.3 Å². The quantitative estimate of drug-likeness (QED) is 0.127. The molecule has 1 aliphatic heterocycles. The normalized spacial score (nSPS) is 21.5. The molecule has 0 bridgehead atoms. The molecule has 1 N–H and O–H groups in total. The SMILES string of the molecule is C=C[C@@H](N[S@@](=O)C(C)(C)C)[C@@H]1CC[C@H]1CN1C[C@@]2(CCCc3cc(Cl)ccc32)COc2ccc(S(=O)(=O)N(Cc3ccc(OC)cc3)Cc3ccc(OC)cc3)cc21. The second-order valence-electron chi connectivity index (χ2n) is 17.0. The molecule has 4 aromatic carbocycles. The fourth-order valence-corrected chi connectivity index (χ4v) is 11.2. The van der Waals surface area contributed by atoms with Crippen molar-refractivity contribution in [2.24, 2.45) is 11.8 Å². The first kappa shape index (κ1) is 42.3. The van der Waals surface area contributed by atoms with Crippen LogP contribution >= 0.6 is 11.6 Å². The van der Waals surface area contributed by atoms with Crippen LogP contribution in [0.15, 0.2) is 102 Å². The number of hydrogen-bond donors (Lipinski definition) is 1. The average Bonchev–Trinajstić information content (AvgIpc) is 3.35. The Balaban J connectivity index is 1.26. The minimum Gasteiger partial charge on any atom is -0.497 e. The van der Waals surface area contributed by atoms with Gasteiger partial charge in [-0.25, -0.2) is 17.3 Å². The highest BCUT2D eigenvalue weighted by molar-refractivity contribution is 7.89. The lowest BCUT2D eigenvalue weighted by Crippen LogP contribution is -2.52. The van der Waals surface area contributed by atoms with E-state index in [0.29, 0.717) is 36.9 Å². The molecule has 1 fully saturated rings. The van der Waals surface area contributed by atoms with Crippen molar-refractivity contribution >= 4 is 38.3 Å². The molecular weight excluding hydrogens is 790 g/mol. The van der Waals surface area contributed by atoms with Crippen LogP contribution in [0.5, 0.6) is 17.2 Å². The lowest BCUT2D eigenvalue weighted by atomic mass is 9.68. The molecule has 4 aromatic rings. The molecule has 310 valence electrons. The van der Waals surface area contributed by atoms with Crippen LogP contribution in [0, 0.1) is 11.8 Å². The lowest BCUT2D eigenvalue weighted by Gasteiger charge is -2.46. The Morgan fingerprint density at radius 1 is 0.983 bits per heavy atom. The van der Waals surface area contributed by atoms with Crippen molar-refractivity contribution in [1.82, 2.24) is 9.03 Å². The van der Waals surface area contributed by atoms with E-state index in [2.05, 4.69) is 28.3 Å². The molecule has 1 spiro atoms. The second kappa shape index (κ2) is 17.4. The van der Waals surface area contributed by atoms with Crippen LogP contribution in [0.25, 0.3) is 0 Å². The van der Waals surface area contributed by atoms with E-state index in [9.17, 15) is 12.6 Å². The number of aryl methyl sites for hydroxylation is 1. The molecule has 1 saturated carbocycles. The summed E-state index contributed by atoms with van der Waals surface area (Å²) < 4.78 is 65.2. The summed E-state index contributed by atoms with van der Waals surface area (Å²) in [6.07, 6.45) is 6.77. The zero-order chi connectivity index (χ0) is 41.2. The van der Waals surface area contributed by atoms with Crippen molar-refractivity contribution in [3.63, 3.8) is 0 Å². The van der Waals surface area contributed by atoms with Crippen LogP contribution < -0.4 is 23.8 Å². The molecule has 2 aliphatic carbocycles. The highest BCUT2D eigenvalue weighted by Crippen LogP contribution is 2.47. The molecule has 0 radical (unpaired) electrons. The first-order valence-electron chi connectivity index (χ1n) is 20.1. The minimum atomic E-state index is -4.04. The second-order valence-corrected chi connectivity index (χ2v) is 21.3. The topological polar surface area (TPSA) is 97.4 Å². The van der Waals surface area contributed by atoms with Crippen LogP contribution in [0.2, 0.25) is 5.02 Å². The summed E-state index contributed by atoms with van der Waals surface area (Å²) in [5.74, 6) is 2.54. The van der Waals surface area contributed by atoms with Crippen LogP contribution in [0.3, 0.4) is 0 Å². The number of nitrogens with zero attached hydrogens (tertiary/aromatic N) is 2. The Kier molecular flexibility index (Phi) is 12.7. The van der Waals surface area contributed by atoms with E-state index < -0.39 is 25.8 Å². The summed E-state index contributed by atoms with van der Waals surface area (Å²) in [5, 5.41) is 0.724. The third-order valence-corrected chi connectivity index (χ3v) is 15.7. The smallest absolute Gasteiger partial charge is 0.243 e. The highest BCUT2D eigenvalue weighted by atomic mass is 35.5. The summed E-state index contributed by atoms with van der Waals surface area (Å²) in [7, 11) is -2.07. The van der Waals surface area contributed by atoms with E-state index in [4.69, 9.17) is 25.8 Å². The van der Waals surface area contributed by atoms with Gasteiger partial charge in [0.2, 0.25) is 10.0 Å². The van der Waals surface area contributed by atoms with Gasteiger partial charge in [-0.15, -0.1) is 6.58 Å². The van der Waals surface area contributed by atoms with E-state index in [-0.39, 0.29) is 41.3 Å². The van der Waals surface area contributed by atoms with Crippen LogP contribution in [-0.2, 0) is 45.9 Å². The van der Waals surface area contributed by atoms with Crippen LogP contribution in [-0.4, -0.2) is 61.6 Å². The van der Waals surface area contributed by atoms with Gasteiger partial charge in [0.25, 0.3) is 0 Å². The zero-order valence-electron chi connectivity index (χ0n) is 34.2. The van der Waals surface area contributed by atoms with Gasteiger partial charge in [-0.1, -0.05) is 48.0 Å². The maximum atomic E-state index is 15.0. The molecule has 3 aliphatic rings. The van der Waals surface area contributed by atoms with Crippen molar-refractivity contribution in [2.45, 2.75) is 87.1 Å². The number of fused-ring (bicyclic) bond motifs is 3.